The maximum Gasteiger partial charge on any atom is 0.209 e. The Bertz CT molecular complexity index is 576. The average molecular weight is 367 g/mol. The van der Waals surface area contributed by atoms with Gasteiger partial charge in [0.2, 0.25) is 10.0 Å². The van der Waals surface area contributed by atoms with Crippen LogP contribution in [0.25, 0.3) is 0 Å². The van der Waals surface area contributed by atoms with Gasteiger partial charge < -0.3 is 5.32 Å². The van der Waals surface area contributed by atoms with Crippen molar-refractivity contribution in [1.29, 1.82) is 0 Å². The topological polar surface area (TPSA) is 58.2 Å². The van der Waals surface area contributed by atoms with Crippen LogP contribution in [0.4, 0.5) is 4.39 Å². The van der Waals surface area contributed by atoms with Crippen molar-refractivity contribution in [2.24, 2.45) is 0 Å². The highest BCUT2D eigenvalue weighted by Crippen LogP contribution is 2.21. The van der Waals surface area contributed by atoms with Gasteiger partial charge in [0.05, 0.1) is 6.26 Å². The normalized spacial score (nSPS) is 14.3. The SMILES string of the molecule is CC(NCC(C)(C)NS(C)(=O)=O)c1ccc(Br)cc1F. The van der Waals surface area contributed by atoms with Crippen LogP contribution in [0.1, 0.15) is 32.4 Å². The molecule has 0 saturated carbocycles. The zero-order valence-corrected chi connectivity index (χ0v) is 14.4. The molecule has 0 aliphatic heterocycles. The molecular weight excluding hydrogens is 347 g/mol. The molecule has 0 amide bonds. The zero-order valence-electron chi connectivity index (χ0n) is 12.0. The molecule has 1 atom stereocenters. The smallest absolute Gasteiger partial charge is 0.209 e. The van der Waals surface area contributed by atoms with Crippen LogP contribution in [0, 0.1) is 5.82 Å². The third kappa shape index (κ3) is 5.87. The summed E-state index contributed by atoms with van der Waals surface area (Å²) in [6, 6.07) is 4.67. The van der Waals surface area contributed by atoms with E-state index in [2.05, 4.69) is 26.0 Å². The molecule has 0 aromatic heterocycles. The highest BCUT2D eigenvalue weighted by Gasteiger charge is 2.23. The summed E-state index contributed by atoms with van der Waals surface area (Å²) >= 11 is 3.21. The van der Waals surface area contributed by atoms with E-state index in [0.717, 1.165) is 6.26 Å². The van der Waals surface area contributed by atoms with Gasteiger partial charge in [0.1, 0.15) is 5.82 Å². The summed E-state index contributed by atoms with van der Waals surface area (Å²) in [5, 5.41) is 3.14. The molecule has 0 saturated heterocycles. The van der Waals surface area contributed by atoms with Gasteiger partial charge in [0.25, 0.3) is 0 Å². The van der Waals surface area contributed by atoms with Gasteiger partial charge in [-0.3, -0.25) is 0 Å². The lowest BCUT2D eigenvalue weighted by Gasteiger charge is -2.27. The molecule has 0 radical (unpaired) electrons. The monoisotopic (exact) mass is 366 g/mol. The average Bonchev–Trinajstić information content (AvgIpc) is 2.22. The minimum atomic E-state index is -3.28. The van der Waals surface area contributed by atoms with Gasteiger partial charge in [-0.25, -0.2) is 17.5 Å². The Morgan fingerprint density at radius 3 is 2.50 bits per heavy atom. The van der Waals surface area contributed by atoms with Crippen molar-refractivity contribution < 1.29 is 12.8 Å². The fourth-order valence-electron chi connectivity index (χ4n) is 1.91. The third-order valence-electron chi connectivity index (χ3n) is 2.74. The number of halogens is 2. The first-order chi connectivity index (χ1) is 9.00. The quantitative estimate of drug-likeness (QED) is 0.813. The van der Waals surface area contributed by atoms with Crippen LogP contribution in [-0.2, 0) is 10.0 Å². The van der Waals surface area contributed by atoms with Crippen LogP contribution in [0.5, 0.6) is 0 Å². The summed E-state index contributed by atoms with van der Waals surface area (Å²) in [6.07, 6.45) is 1.12. The van der Waals surface area contributed by atoms with Crippen molar-refractivity contribution in [2.45, 2.75) is 32.4 Å². The van der Waals surface area contributed by atoms with E-state index in [-0.39, 0.29) is 11.9 Å². The number of hydrogen-bond acceptors (Lipinski definition) is 3. The largest absolute Gasteiger partial charge is 0.308 e. The first kappa shape index (κ1) is 17.6. The van der Waals surface area contributed by atoms with Crippen molar-refractivity contribution in [3.05, 3.63) is 34.1 Å². The molecule has 4 nitrogen and oxygen atoms in total. The van der Waals surface area contributed by atoms with Gasteiger partial charge in [-0.15, -0.1) is 0 Å². The van der Waals surface area contributed by atoms with Gasteiger partial charge >= 0.3 is 0 Å². The van der Waals surface area contributed by atoms with Crippen LogP contribution in [0.2, 0.25) is 0 Å². The molecule has 7 heteroatoms. The first-order valence-corrected chi connectivity index (χ1v) is 8.86. The summed E-state index contributed by atoms with van der Waals surface area (Å²) in [5.74, 6) is -0.298. The van der Waals surface area contributed by atoms with E-state index < -0.39 is 15.6 Å². The molecule has 0 bridgehead atoms. The Morgan fingerprint density at radius 2 is 2.00 bits per heavy atom. The summed E-state index contributed by atoms with van der Waals surface area (Å²) < 4.78 is 39.5. The van der Waals surface area contributed by atoms with Gasteiger partial charge in [-0.1, -0.05) is 22.0 Å². The van der Waals surface area contributed by atoms with Gasteiger partial charge in [-0.2, -0.15) is 0 Å². The number of sulfonamides is 1. The molecule has 1 unspecified atom stereocenters. The van der Waals surface area contributed by atoms with Gasteiger partial charge in [0.15, 0.2) is 0 Å². The fourth-order valence-corrected chi connectivity index (χ4v) is 3.32. The van der Waals surface area contributed by atoms with Crippen molar-refractivity contribution in [3.8, 4) is 0 Å². The lowest BCUT2D eigenvalue weighted by atomic mass is 10.0. The van der Waals surface area contributed by atoms with E-state index in [9.17, 15) is 12.8 Å². The minimum Gasteiger partial charge on any atom is -0.308 e. The van der Waals surface area contributed by atoms with Crippen molar-refractivity contribution in [1.82, 2.24) is 10.0 Å². The molecule has 2 N–H and O–H groups in total. The third-order valence-corrected chi connectivity index (χ3v) is 4.16. The lowest BCUT2D eigenvalue weighted by molar-refractivity contribution is 0.394. The van der Waals surface area contributed by atoms with E-state index in [1.807, 2.05) is 6.92 Å². The van der Waals surface area contributed by atoms with Gasteiger partial charge in [-0.05, 0) is 32.9 Å². The standard InChI is InChI=1S/C13H20BrFN2O2S/c1-9(11-6-5-10(14)7-12(11)15)16-8-13(2,3)17-20(4,18)19/h5-7,9,16-17H,8H2,1-4H3. The molecule has 0 heterocycles. The van der Waals surface area contributed by atoms with Crippen LogP contribution in [0.3, 0.4) is 0 Å². The second-order valence-corrected chi connectivity index (χ2v) is 8.19. The Hall–Kier alpha value is -0.500. The zero-order chi connectivity index (χ0) is 15.6. The predicted octanol–water partition coefficient (Wildman–Crippen LogP) is 2.57. The summed E-state index contributed by atoms with van der Waals surface area (Å²) in [5.41, 5.74) is -0.100. The maximum atomic E-state index is 13.8. The van der Waals surface area contributed by atoms with Crippen molar-refractivity contribution >= 4 is 26.0 Å². The van der Waals surface area contributed by atoms with E-state index in [1.54, 1.807) is 26.0 Å². The molecule has 1 aromatic rings. The molecule has 20 heavy (non-hydrogen) atoms. The highest BCUT2D eigenvalue weighted by molar-refractivity contribution is 9.10. The summed E-state index contributed by atoms with van der Waals surface area (Å²) in [4.78, 5) is 0. The molecule has 0 aliphatic carbocycles. The Balaban J connectivity index is 2.69. The van der Waals surface area contributed by atoms with Gasteiger partial charge in [0, 0.05) is 28.2 Å². The fraction of sp³-hybridized carbons (Fsp3) is 0.538. The van der Waals surface area contributed by atoms with E-state index in [4.69, 9.17) is 0 Å². The minimum absolute atomic E-state index is 0.219. The lowest BCUT2D eigenvalue weighted by Crippen LogP contribution is -2.50. The molecular formula is C13H20BrFN2O2S. The molecule has 0 spiro atoms. The summed E-state index contributed by atoms with van der Waals surface area (Å²) in [6.45, 7) is 5.76. The van der Waals surface area contributed by atoms with E-state index in [0.29, 0.717) is 16.6 Å². The van der Waals surface area contributed by atoms with Crippen molar-refractivity contribution in [3.63, 3.8) is 0 Å². The maximum absolute atomic E-state index is 13.8. The second-order valence-electron chi connectivity index (χ2n) is 5.53. The first-order valence-electron chi connectivity index (χ1n) is 6.17. The predicted molar refractivity (Wildman–Crippen MR) is 82.6 cm³/mol. The van der Waals surface area contributed by atoms with Crippen LogP contribution in [-0.4, -0.2) is 26.8 Å². The van der Waals surface area contributed by atoms with Crippen LogP contribution < -0.4 is 10.0 Å². The number of rotatable bonds is 6. The highest BCUT2D eigenvalue weighted by atomic mass is 79.9. The second kappa shape index (κ2) is 6.51. The van der Waals surface area contributed by atoms with Crippen LogP contribution >= 0.6 is 15.9 Å². The molecule has 114 valence electrons. The van der Waals surface area contributed by atoms with E-state index in [1.165, 1.54) is 6.07 Å². The Morgan fingerprint density at radius 1 is 1.40 bits per heavy atom. The number of hydrogen-bond donors (Lipinski definition) is 2. The van der Waals surface area contributed by atoms with Crippen molar-refractivity contribution in [2.75, 3.05) is 12.8 Å². The molecule has 0 fully saturated rings. The Kier molecular flexibility index (Phi) is 5.71. The van der Waals surface area contributed by atoms with E-state index >= 15 is 0 Å². The van der Waals surface area contributed by atoms with Crippen LogP contribution in [0.15, 0.2) is 22.7 Å². The number of benzene rings is 1. The summed E-state index contributed by atoms with van der Waals surface area (Å²) in [7, 11) is -3.28. The number of nitrogens with one attached hydrogen (secondary N) is 2. The molecule has 1 aromatic carbocycles. The Labute approximate surface area is 128 Å². The molecule has 0 aliphatic rings. The molecule has 1 rings (SSSR count).